The van der Waals surface area contributed by atoms with E-state index in [4.69, 9.17) is 18.9 Å². The number of carbonyl (C=O) groups excluding carboxylic acids is 3. The van der Waals surface area contributed by atoms with Crippen LogP contribution in [0.15, 0.2) is 0 Å². The zero-order valence-electron chi connectivity index (χ0n) is 21.7. The standard InChI is InChI=1S/C26H47NO7/c1-4-5-6-9-12-15-23(28)31-19-14-11-8-7-10-13-16-24(29)34-26-18-17-22(33-26)21-32-25(30)20-27(2)3/h22,26H,4-21H2,1-3H3/t22-,26-/m0/s1. The lowest BCUT2D eigenvalue weighted by atomic mass is 10.1. The van der Waals surface area contributed by atoms with Crippen molar-refractivity contribution < 1.29 is 33.3 Å². The highest BCUT2D eigenvalue weighted by Gasteiger charge is 2.29. The first-order valence-corrected chi connectivity index (χ1v) is 13.2. The van der Waals surface area contributed by atoms with Crippen molar-refractivity contribution in [1.29, 1.82) is 0 Å². The van der Waals surface area contributed by atoms with Crippen LogP contribution < -0.4 is 0 Å². The second-order valence-electron chi connectivity index (χ2n) is 9.43. The van der Waals surface area contributed by atoms with Crippen molar-refractivity contribution in [3.8, 4) is 0 Å². The van der Waals surface area contributed by atoms with E-state index in [0.29, 0.717) is 32.3 Å². The van der Waals surface area contributed by atoms with Crippen LogP contribution in [-0.4, -0.2) is 69.1 Å². The van der Waals surface area contributed by atoms with Gasteiger partial charge >= 0.3 is 17.9 Å². The molecule has 0 spiro atoms. The molecule has 34 heavy (non-hydrogen) atoms. The molecule has 198 valence electrons. The fourth-order valence-corrected chi connectivity index (χ4v) is 3.79. The second-order valence-corrected chi connectivity index (χ2v) is 9.43. The number of nitrogens with zero attached hydrogens (tertiary/aromatic N) is 1. The Bertz CT molecular complexity index is 567. The molecule has 0 unspecified atom stereocenters. The Morgan fingerprint density at radius 1 is 0.765 bits per heavy atom. The summed E-state index contributed by atoms with van der Waals surface area (Å²) in [6.45, 7) is 3.12. The van der Waals surface area contributed by atoms with Crippen molar-refractivity contribution in [1.82, 2.24) is 4.90 Å². The Labute approximate surface area is 206 Å². The molecule has 0 N–H and O–H groups in total. The van der Waals surface area contributed by atoms with Gasteiger partial charge in [0.1, 0.15) is 6.61 Å². The Hall–Kier alpha value is -1.67. The van der Waals surface area contributed by atoms with Gasteiger partial charge in [0.25, 0.3) is 0 Å². The smallest absolute Gasteiger partial charge is 0.320 e. The van der Waals surface area contributed by atoms with Crippen LogP contribution in [0.3, 0.4) is 0 Å². The van der Waals surface area contributed by atoms with Gasteiger partial charge < -0.3 is 18.9 Å². The maximum Gasteiger partial charge on any atom is 0.320 e. The number of unbranched alkanes of at least 4 members (excludes halogenated alkanes) is 9. The second kappa shape index (κ2) is 19.6. The van der Waals surface area contributed by atoms with Gasteiger partial charge in [-0.2, -0.15) is 0 Å². The average Bonchev–Trinajstić information content (AvgIpc) is 3.23. The summed E-state index contributed by atoms with van der Waals surface area (Å²) in [7, 11) is 3.61. The first-order chi connectivity index (χ1) is 16.4. The quantitative estimate of drug-likeness (QED) is 0.138. The Morgan fingerprint density at radius 2 is 1.38 bits per heavy atom. The van der Waals surface area contributed by atoms with E-state index in [1.54, 1.807) is 19.0 Å². The van der Waals surface area contributed by atoms with E-state index in [0.717, 1.165) is 51.4 Å². The molecule has 0 aliphatic carbocycles. The van der Waals surface area contributed by atoms with E-state index in [1.807, 2.05) is 0 Å². The molecule has 2 atom stereocenters. The van der Waals surface area contributed by atoms with Gasteiger partial charge in [0.05, 0.1) is 19.3 Å². The monoisotopic (exact) mass is 485 g/mol. The van der Waals surface area contributed by atoms with Crippen molar-refractivity contribution in [2.75, 3.05) is 33.9 Å². The largest absolute Gasteiger partial charge is 0.466 e. The minimum absolute atomic E-state index is 0.0714. The topological polar surface area (TPSA) is 91.4 Å². The third-order valence-electron chi connectivity index (χ3n) is 5.73. The molecule has 1 fully saturated rings. The zero-order valence-corrected chi connectivity index (χ0v) is 21.7. The van der Waals surface area contributed by atoms with Gasteiger partial charge in [0.2, 0.25) is 6.29 Å². The number of hydrogen-bond donors (Lipinski definition) is 0. The van der Waals surface area contributed by atoms with Crippen LogP contribution >= 0.6 is 0 Å². The van der Waals surface area contributed by atoms with Crippen molar-refractivity contribution in [3.63, 3.8) is 0 Å². The summed E-state index contributed by atoms with van der Waals surface area (Å²) < 4.78 is 21.5. The van der Waals surface area contributed by atoms with Gasteiger partial charge in [-0.05, 0) is 39.8 Å². The summed E-state index contributed by atoms with van der Waals surface area (Å²) in [6.07, 6.45) is 13.0. The third kappa shape index (κ3) is 16.9. The predicted octanol–water partition coefficient (Wildman–Crippen LogP) is 4.77. The van der Waals surface area contributed by atoms with E-state index >= 15 is 0 Å². The number of likely N-dealkylation sites (N-methyl/N-ethyl adjacent to an activating group) is 1. The fourth-order valence-electron chi connectivity index (χ4n) is 3.79. The van der Waals surface area contributed by atoms with Gasteiger partial charge in [-0.3, -0.25) is 19.3 Å². The number of esters is 3. The third-order valence-corrected chi connectivity index (χ3v) is 5.73. The molecule has 0 aromatic carbocycles. The van der Waals surface area contributed by atoms with Gasteiger partial charge in [0.15, 0.2) is 0 Å². The Balaban J connectivity index is 1.91. The van der Waals surface area contributed by atoms with Crippen LogP contribution in [-0.2, 0) is 33.3 Å². The van der Waals surface area contributed by atoms with E-state index in [-0.39, 0.29) is 37.2 Å². The number of carbonyl (C=O) groups is 3. The molecule has 1 aliphatic heterocycles. The molecule has 0 aromatic heterocycles. The van der Waals surface area contributed by atoms with Crippen LogP contribution in [0.1, 0.15) is 103 Å². The number of hydrogen-bond acceptors (Lipinski definition) is 8. The lowest BCUT2D eigenvalue weighted by Gasteiger charge is -2.15. The molecule has 8 heteroatoms. The van der Waals surface area contributed by atoms with E-state index in [9.17, 15) is 14.4 Å². The number of ether oxygens (including phenoxy) is 4. The summed E-state index contributed by atoms with van der Waals surface area (Å²) in [5, 5.41) is 0. The molecule has 0 aromatic rings. The van der Waals surface area contributed by atoms with Crippen molar-refractivity contribution in [3.05, 3.63) is 0 Å². The van der Waals surface area contributed by atoms with Crippen molar-refractivity contribution >= 4 is 17.9 Å². The van der Waals surface area contributed by atoms with Crippen LogP contribution in [0.25, 0.3) is 0 Å². The normalized spacial score (nSPS) is 17.6. The Morgan fingerprint density at radius 3 is 2.06 bits per heavy atom. The maximum atomic E-state index is 12.0. The minimum atomic E-state index is -0.538. The minimum Gasteiger partial charge on any atom is -0.466 e. The highest BCUT2D eigenvalue weighted by Crippen LogP contribution is 2.22. The van der Waals surface area contributed by atoms with Gasteiger partial charge in [-0.25, -0.2) is 0 Å². The maximum absolute atomic E-state index is 12.0. The van der Waals surface area contributed by atoms with Gasteiger partial charge in [-0.15, -0.1) is 0 Å². The van der Waals surface area contributed by atoms with Gasteiger partial charge in [-0.1, -0.05) is 58.3 Å². The highest BCUT2D eigenvalue weighted by atomic mass is 16.7. The first-order valence-electron chi connectivity index (χ1n) is 13.2. The van der Waals surface area contributed by atoms with E-state index in [1.165, 1.54) is 19.3 Å². The molecule has 0 radical (unpaired) electrons. The van der Waals surface area contributed by atoms with E-state index < -0.39 is 6.29 Å². The molecule has 0 saturated carbocycles. The zero-order chi connectivity index (χ0) is 25.0. The molecule has 1 heterocycles. The SMILES string of the molecule is CCCCCCCC(=O)OCCCCCCCCC(=O)O[C@H]1CC[C@@H](COC(=O)CN(C)C)O1. The molecule has 1 rings (SSSR count). The summed E-state index contributed by atoms with van der Waals surface area (Å²) in [5.41, 5.74) is 0. The molecular formula is C26H47NO7. The molecular weight excluding hydrogens is 438 g/mol. The predicted molar refractivity (Wildman–Crippen MR) is 130 cm³/mol. The fraction of sp³-hybridized carbons (Fsp3) is 0.885. The van der Waals surface area contributed by atoms with Crippen molar-refractivity contribution in [2.24, 2.45) is 0 Å². The summed E-state index contributed by atoms with van der Waals surface area (Å²) >= 11 is 0. The van der Waals surface area contributed by atoms with Crippen molar-refractivity contribution in [2.45, 2.75) is 116 Å². The highest BCUT2D eigenvalue weighted by molar-refractivity contribution is 5.71. The molecule has 0 amide bonds. The summed E-state index contributed by atoms with van der Waals surface area (Å²) in [6, 6.07) is 0. The lowest BCUT2D eigenvalue weighted by Crippen LogP contribution is -2.27. The molecule has 1 saturated heterocycles. The average molecular weight is 486 g/mol. The van der Waals surface area contributed by atoms with Crippen LogP contribution in [0.4, 0.5) is 0 Å². The molecule has 8 nitrogen and oxygen atoms in total. The molecule has 0 bridgehead atoms. The Kier molecular flexibility index (Phi) is 17.5. The van der Waals surface area contributed by atoms with Crippen LogP contribution in [0, 0.1) is 0 Å². The first kappa shape index (κ1) is 30.4. The summed E-state index contributed by atoms with van der Waals surface area (Å²) in [4.78, 5) is 37.0. The van der Waals surface area contributed by atoms with Crippen LogP contribution in [0.5, 0.6) is 0 Å². The number of rotatable bonds is 20. The van der Waals surface area contributed by atoms with Gasteiger partial charge in [0, 0.05) is 19.3 Å². The van der Waals surface area contributed by atoms with E-state index in [2.05, 4.69) is 6.92 Å². The van der Waals surface area contributed by atoms with Crippen LogP contribution in [0.2, 0.25) is 0 Å². The summed E-state index contributed by atoms with van der Waals surface area (Å²) in [5.74, 6) is -0.599. The lowest BCUT2D eigenvalue weighted by molar-refractivity contribution is -0.180. The molecule has 1 aliphatic rings.